The number of hydrogen-bond acceptors (Lipinski definition) is 3. The minimum Gasteiger partial charge on any atom is -0.394 e. The molecule has 0 radical (unpaired) electrons. The zero-order chi connectivity index (χ0) is 11.1. The average Bonchev–Trinajstić information content (AvgIpc) is 2.74. The van der Waals surface area contributed by atoms with Gasteiger partial charge in [0.05, 0.1) is 18.6 Å². The molecule has 1 aromatic rings. The van der Waals surface area contributed by atoms with E-state index in [-0.39, 0.29) is 12.1 Å². The van der Waals surface area contributed by atoms with Crippen LogP contribution in [0, 0.1) is 13.8 Å². The van der Waals surface area contributed by atoms with E-state index in [0.29, 0.717) is 6.04 Å². The van der Waals surface area contributed by atoms with E-state index >= 15 is 0 Å². The minimum atomic E-state index is -0.380. The van der Waals surface area contributed by atoms with E-state index in [4.69, 9.17) is 5.73 Å². The summed E-state index contributed by atoms with van der Waals surface area (Å²) in [7, 11) is 0. The predicted molar refractivity (Wildman–Crippen MR) is 58.6 cm³/mol. The summed E-state index contributed by atoms with van der Waals surface area (Å²) in [6.07, 6.45) is 4.66. The lowest BCUT2D eigenvalue weighted by molar-refractivity contribution is 0.195. The molecular weight excluding hydrogens is 190 g/mol. The average molecular weight is 209 g/mol. The number of aromatic nitrogens is 2. The molecule has 1 aliphatic rings. The summed E-state index contributed by atoms with van der Waals surface area (Å²) in [5.41, 5.74) is 7.97. The Morgan fingerprint density at radius 3 is 2.87 bits per heavy atom. The first-order valence-corrected chi connectivity index (χ1v) is 5.45. The predicted octanol–water partition coefficient (Wildman–Crippen LogP) is 0.915. The lowest BCUT2D eigenvalue weighted by atomic mass is 10.0. The molecule has 0 bridgehead atoms. The standard InChI is InChI=1S/C11H19N3O/c1-8-9(2)14(7-13-8)10-3-4-11(12,5-10)6-15/h7,10,15H,3-6,12H2,1-2H3. The zero-order valence-electron chi connectivity index (χ0n) is 9.40. The molecule has 4 heteroatoms. The van der Waals surface area contributed by atoms with Crippen molar-refractivity contribution < 1.29 is 5.11 Å². The Bertz CT molecular complexity index is 361. The molecular formula is C11H19N3O. The van der Waals surface area contributed by atoms with Crippen LogP contribution in [0.15, 0.2) is 6.33 Å². The van der Waals surface area contributed by atoms with E-state index in [1.165, 1.54) is 5.69 Å². The second-order valence-electron chi connectivity index (χ2n) is 4.74. The molecule has 1 aliphatic carbocycles. The number of imidazole rings is 1. The Morgan fingerprint density at radius 2 is 2.40 bits per heavy atom. The molecule has 0 aromatic carbocycles. The van der Waals surface area contributed by atoms with Crippen molar-refractivity contribution in [2.45, 2.75) is 44.7 Å². The lowest BCUT2D eigenvalue weighted by Crippen LogP contribution is -2.40. The van der Waals surface area contributed by atoms with Gasteiger partial charge >= 0.3 is 0 Å². The highest BCUT2D eigenvalue weighted by Gasteiger charge is 2.36. The van der Waals surface area contributed by atoms with Crippen LogP contribution in [0.3, 0.4) is 0 Å². The Labute approximate surface area is 90.1 Å². The second kappa shape index (κ2) is 3.61. The summed E-state index contributed by atoms with van der Waals surface area (Å²) in [5, 5.41) is 9.21. The molecule has 0 aliphatic heterocycles. The first kappa shape index (κ1) is 10.6. The monoisotopic (exact) mass is 209 g/mol. The number of rotatable bonds is 2. The number of nitrogens with zero attached hydrogens (tertiary/aromatic N) is 2. The summed E-state index contributed by atoms with van der Waals surface area (Å²) in [6.45, 7) is 4.18. The maximum Gasteiger partial charge on any atom is 0.0954 e. The highest BCUT2D eigenvalue weighted by Crippen LogP contribution is 2.36. The van der Waals surface area contributed by atoms with Crippen LogP contribution in [-0.2, 0) is 0 Å². The van der Waals surface area contributed by atoms with Crippen molar-refractivity contribution in [3.63, 3.8) is 0 Å². The number of aliphatic hydroxyl groups is 1. The fourth-order valence-electron chi connectivity index (χ4n) is 2.39. The van der Waals surface area contributed by atoms with Crippen molar-refractivity contribution >= 4 is 0 Å². The highest BCUT2D eigenvalue weighted by atomic mass is 16.3. The van der Waals surface area contributed by atoms with Gasteiger partial charge in [0.2, 0.25) is 0 Å². The van der Waals surface area contributed by atoms with Crippen LogP contribution in [-0.4, -0.2) is 26.8 Å². The van der Waals surface area contributed by atoms with E-state index in [1.54, 1.807) is 0 Å². The molecule has 0 saturated heterocycles. The highest BCUT2D eigenvalue weighted by molar-refractivity contribution is 5.11. The Morgan fingerprint density at radius 1 is 1.67 bits per heavy atom. The van der Waals surface area contributed by atoms with E-state index in [1.807, 2.05) is 13.3 Å². The van der Waals surface area contributed by atoms with E-state index in [9.17, 15) is 5.11 Å². The van der Waals surface area contributed by atoms with Crippen molar-refractivity contribution in [2.75, 3.05) is 6.61 Å². The molecule has 1 fully saturated rings. The molecule has 0 spiro atoms. The lowest BCUT2D eigenvalue weighted by Gasteiger charge is -2.21. The first-order chi connectivity index (χ1) is 7.06. The van der Waals surface area contributed by atoms with Crippen LogP contribution in [0.1, 0.15) is 36.7 Å². The SMILES string of the molecule is Cc1ncn(C2CCC(N)(CO)C2)c1C. The maximum atomic E-state index is 9.21. The number of nitrogens with two attached hydrogens (primary N) is 1. The minimum absolute atomic E-state index is 0.0796. The van der Waals surface area contributed by atoms with Crippen LogP contribution in [0.5, 0.6) is 0 Å². The molecule has 84 valence electrons. The number of hydrogen-bond donors (Lipinski definition) is 2. The quantitative estimate of drug-likeness (QED) is 0.761. The molecule has 1 saturated carbocycles. The Hall–Kier alpha value is -0.870. The molecule has 0 amide bonds. The van der Waals surface area contributed by atoms with Crippen molar-refractivity contribution in [1.82, 2.24) is 9.55 Å². The fourth-order valence-corrected chi connectivity index (χ4v) is 2.39. The smallest absolute Gasteiger partial charge is 0.0954 e. The second-order valence-corrected chi connectivity index (χ2v) is 4.74. The third-order valence-corrected chi connectivity index (χ3v) is 3.61. The van der Waals surface area contributed by atoms with Gasteiger partial charge in [0.15, 0.2) is 0 Å². The van der Waals surface area contributed by atoms with Crippen LogP contribution >= 0.6 is 0 Å². The summed E-state index contributed by atoms with van der Waals surface area (Å²) >= 11 is 0. The van der Waals surface area contributed by atoms with Gasteiger partial charge in [-0.05, 0) is 33.1 Å². The van der Waals surface area contributed by atoms with Gasteiger partial charge in [0.1, 0.15) is 0 Å². The van der Waals surface area contributed by atoms with Crippen molar-refractivity contribution in [3.05, 3.63) is 17.7 Å². The molecule has 1 aromatic heterocycles. The zero-order valence-corrected chi connectivity index (χ0v) is 9.40. The Kier molecular flexibility index (Phi) is 2.56. The number of aryl methyl sites for hydroxylation is 1. The van der Waals surface area contributed by atoms with Gasteiger partial charge in [0.25, 0.3) is 0 Å². The maximum absolute atomic E-state index is 9.21. The molecule has 15 heavy (non-hydrogen) atoms. The molecule has 2 unspecified atom stereocenters. The number of aliphatic hydroxyl groups excluding tert-OH is 1. The van der Waals surface area contributed by atoms with Gasteiger partial charge < -0.3 is 15.4 Å². The van der Waals surface area contributed by atoms with Crippen LogP contribution in [0.25, 0.3) is 0 Å². The third-order valence-electron chi connectivity index (χ3n) is 3.61. The van der Waals surface area contributed by atoms with Crippen molar-refractivity contribution in [1.29, 1.82) is 0 Å². The van der Waals surface area contributed by atoms with Crippen molar-refractivity contribution in [2.24, 2.45) is 5.73 Å². The van der Waals surface area contributed by atoms with E-state index in [2.05, 4.69) is 16.5 Å². The van der Waals surface area contributed by atoms with Gasteiger partial charge in [-0.3, -0.25) is 0 Å². The summed E-state index contributed by atoms with van der Waals surface area (Å²) in [5.74, 6) is 0. The van der Waals surface area contributed by atoms with Crippen molar-refractivity contribution in [3.8, 4) is 0 Å². The molecule has 2 atom stereocenters. The van der Waals surface area contributed by atoms with Crippen LogP contribution < -0.4 is 5.73 Å². The molecule has 3 N–H and O–H groups in total. The summed E-state index contributed by atoms with van der Waals surface area (Å²) in [6, 6.07) is 0.406. The third kappa shape index (κ3) is 1.79. The van der Waals surface area contributed by atoms with Crippen LogP contribution in [0.2, 0.25) is 0 Å². The Balaban J connectivity index is 2.18. The van der Waals surface area contributed by atoms with Gasteiger partial charge in [0, 0.05) is 17.3 Å². The molecule has 2 rings (SSSR count). The van der Waals surface area contributed by atoms with Crippen LogP contribution in [0.4, 0.5) is 0 Å². The van der Waals surface area contributed by atoms with Gasteiger partial charge in [-0.1, -0.05) is 0 Å². The first-order valence-electron chi connectivity index (χ1n) is 5.45. The summed E-state index contributed by atoms with van der Waals surface area (Å²) in [4.78, 5) is 4.29. The van der Waals surface area contributed by atoms with E-state index in [0.717, 1.165) is 25.0 Å². The normalized spacial score (nSPS) is 31.1. The van der Waals surface area contributed by atoms with Gasteiger partial charge in [-0.15, -0.1) is 0 Å². The van der Waals surface area contributed by atoms with Gasteiger partial charge in [-0.25, -0.2) is 4.98 Å². The fraction of sp³-hybridized carbons (Fsp3) is 0.727. The summed E-state index contributed by atoms with van der Waals surface area (Å²) < 4.78 is 2.19. The van der Waals surface area contributed by atoms with E-state index < -0.39 is 0 Å². The molecule has 4 nitrogen and oxygen atoms in total. The largest absolute Gasteiger partial charge is 0.394 e. The topological polar surface area (TPSA) is 64.1 Å². The molecule has 1 heterocycles. The van der Waals surface area contributed by atoms with Gasteiger partial charge in [-0.2, -0.15) is 0 Å².